The molecule has 0 radical (unpaired) electrons. The molecule has 27 heavy (non-hydrogen) atoms. The Morgan fingerprint density at radius 3 is 2.44 bits per heavy atom. The number of carboxylic acids is 1. The van der Waals surface area contributed by atoms with Crippen LogP contribution in [0.15, 0.2) is 43.0 Å². The van der Waals surface area contributed by atoms with E-state index in [1.165, 1.54) is 6.92 Å². The fraction of sp³-hybridized carbons (Fsp3) is 0.421. The minimum Gasteiger partial charge on any atom is -0.480 e. The van der Waals surface area contributed by atoms with Crippen molar-refractivity contribution in [2.45, 2.75) is 51.0 Å². The van der Waals surface area contributed by atoms with Crippen LogP contribution in [0.4, 0.5) is 4.79 Å². The van der Waals surface area contributed by atoms with E-state index in [1.807, 2.05) is 6.07 Å². The van der Waals surface area contributed by atoms with Gasteiger partial charge in [0.1, 0.15) is 18.7 Å². The Kier molecular flexibility index (Phi) is 9.60. The van der Waals surface area contributed by atoms with Gasteiger partial charge in [-0.1, -0.05) is 36.4 Å². The molecule has 1 rings (SSSR count). The van der Waals surface area contributed by atoms with Gasteiger partial charge in [0.05, 0.1) is 6.10 Å². The van der Waals surface area contributed by atoms with Crippen LogP contribution in [-0.4, -0.2) is 46.4 Å². The maximum absolute atomic E-state index is 12.3. The summed E-state index contributed by atoms with van der Waals surface area (Å²) in [4.78, 5) is 35.5. The molecule has 0 aliphatic rings. The first-order valence-corrected chi connectivity index (χ1v) is 8.64. The number of ether oxygens (including phenoxy) is 1. The zero-order valence-electron chi connectivity index (χ0n) is 15.3. The number of hydrogen-bond donors (Lipinski definition) is 4. The molecule has 3 atom stereocenters. The number of alkyl carbamates (subject to hydrolysis) is 1. The largest absolute Gasteiger partial charge is 0.480 e. The molecular weight excluding hydrogens is 352 g/mol. The van der Waals surface area contributed by atoms with Gasteiger partial charge in [0.2, 0.25) is 5.91 Å². The fourth-order valence-corrected chi connectivity index (χ4v) is 2.28. The van der Waals surface area contributed by atoms with Gasteiger partial charge in [-0.25, -0.2) is 9.59 Å². The molecular formula is C19H26N2O6. The van der Waals surface area contributed by atoms with Crippen LogP contribution < -0.4 is 10.6 Å². The summed E-state index contributed by atoms with van der Waals surface area (Å²) in [6, 6.07) is 6.49. The molecule has 4 N–H and O–H groups in total. The minimum absolute atomic E-state index is 0.000125. The Morgan fingerprint density at radius 2 is 1.89 bits per heavy atom. The van der Waals surface area contributed by atoms with E-state index in [9.17, 15) is 24.6 Å². The lowest BCUT2D eigenvalue weighted by molar-refractivity contribution is -0.142. The third kappa shape index (κ3) is 8.37. The standard InChI is InChI=1S/C19H26N2O6/c1-3-4-6-11-15(18(24)25)20-17(23)16(13(2)22)21-19(26)27-12-14-9-7-5-8-10-14/h3,5,7-10,13,15-16,22H,1,4,6,11-12H2,2H3,(H,20,23)(H,21,26)(H,24,25)/t13-,15+,16+/m1/s1. The molecule has 1 aromatic carbocycles. The Balaban J connectivity index is 2.61. The molecule has 0 heterocycles. The normalized spacial score (nSPS) is 13.7. The quantitative estimate of drug-likeness (QED) is 0.342. The van der Waals surface area contributed by atoms with Gasteiger partial charge >= 0.3 is 12.1 Å². The number of unbranched alkanes of at least 4 members (excludes halogenated alkanes) is 1. The molecule has 0 spiro atoms. The Hall–Kier alpha value is -2.87. The molecule has 0 aliphatic heterocycles. The topological polar surface area (TPSA) is 125 Å². The second kappa shape index (κ2) is 11.7. The third-order valence-electron chi connectivity index (χ3n) is 3.77. The number of hydrogen-bond acceptors (Lipinski definition) is 5. The lowest BCUT2D eigenvalue weighted by Gasteiger charge is -2.23. The summed E-state index contributed by atoms with van der Waals surface area (Å²) in [5.74, 6) is -1.99. The van der Waals surface area contributed by atoms with Gasteiger partial charge in [0.25, 0.3) is 0 Å². The highest BCUT2D eigenvalue weighted by Crippen LogP contribution is 2.05. The summed E-state index contributed by atoms with van der Waals surface area (Å²) in [5.41, 5.74) is 0.763. The maximum atomic E-state index is 12.3. The van der Waals surface area contributed by atoms with Crippen LogP contribution in [0.2, 0.25) is 0 Å². The summed E-state index contributed by atoms with van der Waals surface area (Å²) < 4.78 is 5.02. The van der Waals surface area contributed by atoms with Gasteiger partial charge in [0.15, 0.2) is 0 Å². The minimum atomic E-state index is -1.34. The van der Waals surface area contributed by atoms with E-state index < -0.39 is 36.2 Å². The highest BCUT2D eigenvalue weighted by Gasteiger charge is 2.29. The zero-order valence-corrected chi connectivity index (χ0v) is 15.3. The van der Waals surface area contributed by atoms with E-state index in [-0.39, 0.29) is 13.0 Å². The first-order valence-electron chi connectivity index (χ1n) is 8.64. The molecule has 8 heteroatoms. The number of carbonyl (C=O) groups is 3. The summed E-state index contributed by atoms with van der Waals surface area (Å²) in [6.07, 6.45) is 0.882. The average Bonchev–Trinajstić information content (AvgIpc) is 2.64. The second-order valence-corrected chi connectivity index (χ2v) is 6.04. The number of aliphatic hydroxyl groups excluding tert-OH is 1. The summed E-state index contributed by atoms with van der Waals surface area (Å²) in [6.45, 7) is 4.87. The molecule has 0 aliphatic carbocycles. The highest BCUT2D eigenvalue weighted by molar-refractivity contribution is 5.89. The van der Waals surface area contributed by atoms with Crippen LogP contribution in [0.1, 0.15) is 31.7 Å². The summed E-state index contributed by atoms with van der Waals surface area (Å²) in [7, 11) is 0. The number of benzene rings is 1. The van der Waals surface area contributed by atoms with Gasteiger partial charge in [0, 0.05) is 0 Å². The molecule has 148 valence electrons. The summed E-state index contributed by atoms with van der Waals surface area (Å²) >= 11 is 0. The van der Waals surface area contributed by atoms with Gasteiger partial charge in [-0.2, -0.15) is 0 Å². The second-order valence-electron chi connectivity index (χ2n) is 6.04. The van der Waals surface area contributed by atoms with Crippen molar-refractivity contribution in [2.75, 3.05) is 0 Å². The number of nitrogens with one attached hydrogen (secondary N) is 2. The molecule has 0 bridgehead atoms. The van der Waals surface area contributed by atoms with Gasteiger partial charge in [-0.3, -0.25) is 4.79 Å². The van der Waals surface area contributed by atoms with Crippen molar-refractivity contribution >= 4 is 18.0 Å². The number of aliphatic carboxylic acids is 1. The number of rotatable bonds is 11. The molecule has 0 saturated carbocycles. The number of carbonyl (C=O) groups excluding carboxylic acids is 2. The summed E-state index contributed by atoms with van der Waals surface area (Å²) in [5, 5.41) is 23.6. The van der Waals surface area contributed by atoms with Gasteiger partial charge in [-0.15, -0.1) is 6.58 Å². The maximum Gasteiger partial charge on any atom is 0.408 e. The van der Waals surface area contributed by atoms with Crippen LogP contribution in [-0.2, 0) is 20.9 Å². The van der Waals surface area contributed by atoms with E-state index in [1.54, 1.807) is 30.3 Å². The van der Waals surface area contributed by atoms with Crippen molar-refractivity contribution in [1.82, 2.24) is 10.6 Å². The van der Waals surface area contributed by atoms with Gasteiger partial charge < -0.3 is 25.6 Å². The van der Waals surface area contributed by atoms with Crippen molar-refractivity contribution in [2.24, 2.45) is 0 Å². The van der Waals surface area contributed by atoms with Crippen LogP contribution >= 0.6 is 0 Å². The van der Waals surface area contributed by atoms with Crippen LogP contribution in [0.5, 0.6) is 0 Å². The first-order chi connectivity index (χ1) is 12.8. The van der Waals surface area contributed by atoms with E-state index in [0.29, 0.717) is 12.8 Å². The molecule has 0 aromatic heterocycles. The Labute approximate surface area is 158 Å². The molecule has 2 amide bonds. The first kappa shape index (κ1) is 22.2. The molecule has 0 saturated heterocycles. The lowest BCUT2D eigenvalue weighted by Crippen LogP contribution is -2.55. The highest BCUT2D eigenvalue weighted by atomic mass is 16.5. The SMILES string of the molecule is C=CCCC[C@H](NC(=O)[C@@H](NC(=O)OCc1ccccc1)[C@@H](C)O)C(=O)O. The van der Waals surface area contributed by atoms with Gasteiger partial charge in [-0.05, 0) is 31.7 Å². The van der Waals surface area contributed by atoms with E-state index in [2.05, 4.69) is 17.2 Å². The smallest absolute Gasteiger partial charge is 0.408 e. The number of carboxylic acid groups (broad SMARTS) is 1. The fourth-order valence-electron chi connectivity index (χ4n) is 2.28. The number of aliphatic hydroxyl groups is 1. The number of allylic oxidation sites excluding steroid dienone is 1. The monoisotopic (exact) mass is 378 g/mol. The van der Waals surface area contributed by atoms with Crippen molar-refractivity contribution in [3.63, 3.8) is 0 Å². The Morgan fingerprint density at radius 1 is 1.22 bits per heavy atom. The van der Waals surface area contributed by atoms with E-state index >= 15 is 0 Å². The lowest BCUT2D eigenvalue weighted by atomic mass is 10.1. The molecule has 1 aromatic rings. The third-order valence-corrected chi connectivity index (χ3v) is 3.77. The molecule has 0 fully saturated rings. The van der Waals surface area contributed by atoms with Crippen molar-refractivity contribution in [3.05, 3.63) is 48.6 Å². The molecule has 0 unspecified atom stereocenters. The average molecular weight is 378 g/mol. The number of amides is 2. The Bertz CT molecular complexity index is 632. The van der Waals surface area contributed by atoms with E-state index in [4.69, 9.17) is 4.74 Å². The van der Waals surface area contributed by atoms with Crippen molar-refractivity contribution < 1.29 is 29.3 Å². The van der Waals surface area contributed by atoms with Crippen LogP contribution in [0.3, 0.4) is 0 Å². The van der Waals surface area contributed by atoms with Crippen LogP contribution in [0.25, 0.3) is 0 Å². The van der Waals surface area contributed by atoms with Crippen LogP contribution in [0, 0.1) is 0 Å². The van der Waals surface area contributed by atoms with Crippen molar-refractivity contribution in [1.29, 1.82) is 0 Å². The predicted octanol–water partition coefficient (Wildman–Crippen LogP) is 1.59. The predicted molar refractivity (Wildman–Crippen MR) is 98.8 cm³/mol. The molecule has 8 nitrogen and oxygen atoms in total. The van der Waals surface area contributed by atoms with E-state index in [0.717, 1.165) is 5.56 Å². The van der Waals surface area contributed by atoms with Crippen molar-refractivity contribution in [3.8, 4) is 0 Å². The zero-order chi connectivity index (χ0) is 20.2.